The van der Waals surface area contributed by atoms with Crippen LogP contribution in [0.15, 0.2) is 29.1 Å². The summed E-state index contributed by atoms with van der Waals surface area (Å²) in [5.41, 5.74) is 0.560. The first kappa shape index (κ1) is 12.9. The van der Waals surface area contributed by atoms with E-state index in [-0.39, 0.29) is 11.6 Å². The number of hydrogen-bond acceptors (Lipinski definition) is 4. The quantitative estimate of drug-likeness (QED) is 0.718. The van der Waals surface area contributed by atoms with Crippen LogP contribution in [0.25, 0.3) is 11.0 Å². The van der Waals surface area contributed by atoms with Gasteiger partial charge in [0.2, 0.25) is 5.88 Å². The standard InChI is InChI=1S/C12H7BrF2N4O/c1-19-11-9(10(13)18-19)12(17-5-16-11)20-6-2-3-7(14)8(15)4-6/h2-5H,1H3. The molecule has 0 bridgehead atoms. The molecular formula is C12H7BrF2N4O. The number of ether oxygens (including phenoxy) is 1. The van der Waals surface area contributed by atoms with Crippen LogP contribution in [0, 0.1) is 11.6 Å². The molecule has 0 atom stereocenters. The maximum Gasteiger partial charge on any atom is 0.234 e. The fourth-order valence-corrected chi connectivity index (χ4v) is 2.33. The largest absolute Gasteiger partial charge is 0.438 e. The topological polar surface area (TPSA) is 52.8 Å². The predicted molar refractivity (Wildman–Crippen MR) is 70.4 cm³/mol. The molecule has 0 fully saturated rings. The van der Waals surface area contributed by atoms with E-state index < -0.39 is 11.6 Å². The lowest BCUT2D eigenvalue weighted by atomic mass is 10.3. The minimum absolute atomic E-state index is 0.139. The first-order valence-corrected chi connectivity index (χ1v) is 6.31. The molecule has 0 saturated carbocycles. The zero-order chi connectivity index (χ0) is 14.3. The van der Waals surface area contributed by atoms with Gasteiger partial charge in [0.15, 0.2) is 17.3 Å². The second-order valence-electron chi connectivity index (χ2n) is 3.97. The summed E-state index contributed by atoms with van der Waals surface area (Å²) < 4.78 is 33.6. The minimum atomic E-state index is -0.988. The van der Waals surface area contributed by atoms with E-state index in [2.05, 4.69) is 31.0 Å². The summed E-state index contributed by atoms with van der Waals surface area (Å²) >= 11 is 3.28. The highest BCUT2D eigenvalue weighted by Gasteiger charge is 2.15. The van der Waals surface area contributed by atoms with E-state index in [0.29, 0.717) is 15.6 Å². The van der Waals surface area contributed by atoms with Crippen molar-refractivity contribution in [2.45, 2.75) is 0 Å². The van der Waals surface area contributed by atoms with E-state index in [4.69, 9.17) is 4.74 Å². The molecular weight excluding hydrogens is 334 g/mol. The van der Waals surface area contributed by atoms with Gasteiger partial charge in [-0.15, -0.1) is 0 Å². The van der Waals surface area contributed by atoms with Crippen molar-refractivity contribution in [2.75, 3.05) is 0 Å². The third-order valence-electron chi connectivity index (χ3n) is 2.65. The first-order valence-electron chi connectivity index (χ1n) is 5.52. The molecule has 0 amide bonds. The molecule has 3 rings (SSSR count). The van der Waals surface area contributed by atoms with Gasteiger partial charge < -0.3 is 4.74 Å². The Labute approximate surface area is 120 Å². The molecule has 0 N–H and O–H groups in total. The molecule has 2 heterocycles. The fraction of sp³-hybridized carbons (Fsp3) is 0.0833. The van der Waals surface area contributed by atoms with Gasteiger partial charge in [0.1, 0.15) is 22.1 Å². The lowest BCUT2D eigenvalue weighted by Crippen LogP contribution is -1.94. The van der Waals surface area contributed by atoms with Crippen LogP contribution in [-0.4, -0.2) is 19.7 Å². The van der Waals surface area contributed by atoms with Gasteiger partial charge in [-0.25, -0.2) is 23.4 Å². The molecule has 0 saturated heterocycles. The Hall–Kier alpha value is -2.09. The average Bonchev–Trinajstić information content (AvgIpc) is 2.71. The summed E-state index contributed by atoms with van der Waals surface area (Å²) in [6.07, 6.45) is 1.31. The highest BCUT2D eigenvalue weighted by molar-refractivity contribution is 9.10. The van der Waals surface area contributed by atoms with Crippen LogP contribution in [0.4, 0.5) is 8.78 Å². The fourth-order valence-electron chi connectivity index (χ4n) is 1.75. The van der Waals surface area contributed by atoms with Crippen molar-refractivity contribution in [1.29, 1.82) is 0 Å². The van der Waals surface area contributed by atoms with Crippen LogP contribution in [0.5, 0.6) is 11.6 Å². The minimum Gasteiger partial charge on any atom is -0.438 e. The number of hydrogen-bond donors (Lipinski definition) is 0. The zero-order valence-electron chi connectivity index (χ0n) is 10.1. The molecule has 0 aliphatic carbocycles. The number of benzene rings is 1. The summed E-state index contributed by atoms with van der Waals surface area (Å²) in [5.74, 6) is -1.58. The lowest BCUT2D eigenvalue weighted by molar-refractivity contribution is 0.451. The molecule has 0 aliphatic heterocycles. The average molecular weight is 341 g/mol. The highest BCUT2D eigenvalue weighted by Crippen LogP contribution is 2.31. The van der Waals surface area contributed by atoms with Crippen LogP contribution in [0.2, 0.25) is 0 Å². The van der Waals surface area contributed by atoms with E-state index in [1.165, 1.54) is 12.4 Å². The first-order chi connectivity index (χ1) is 9.56. The van der Waals surface area contributed by atoms with Gasteiger partial charge in [-0.2, -0.15) is 5.10 Å². The summed E-state index contributed by atoms with van der Waals surface area (Å²) in [6, 6.07) is 3.26. The third kappa shape index (κ3) is 2.11. The summed E-state index contributed by atoms with van der Waals surface area (Å²) in [7, 11) is 1.72. The van der Waals surface area contributed by atoms with E-state index >= 15 is 0 Å². The van der Waals surface area contributed by atoms with Crippen molar-refractivity contribution in [3.05, 3.63) is 40.8 Å². The monoisotopic (exact) mass is 340 g/mol. The molecule has 20 heavy (non-hydrogen) atoms. The molecule has 0 unspecified atom stereocenters. The van der Waals surface area contributed by atoms with E-state index in [9.17, 15) is 8.78 Å². The summed E-state index contributed by atoms with van der Waals surface area (Å²) in [6.45, 7) is 0. The van der Waals surface area contributed by atoms with Crippen molar-refractivity contribution in [3.63, 3.8) is 0 Å². The third-order valence-corrected chi connectivity index (χ3v) is 3.20. The van der Waals surface area contributed by atoms with Crippen molar-refractivity contribution in [2.24, 2.45) is 7.05 Å². The Morgan fingerprint density at radius 1 is 1.20 bits per heavy atom. The smallest absolute Gasteiger partial charge is 0.234 e. The van der Waals surface area contributed by atoms with Crippen molar-refractivity contribution >= 4 is 27.0 Å². The normalized spacial score (nSPS) is 11.0. The van der Waals surface area contributed by atoms with Crippen LogP contribution in [0.1, 0.15) is 0 Å². The second kappa shape index (κ2) is 4.78. The molecule has 0 spiro atoms. The highest BCUT2D eigenvalue weighted by atomic mass is 79.9. The van der Waals surface area contributed by atoms with Gasteiger partial charge in [-0.1, -0.05) is 0 Å². The predicted octanol–water partition coefficient (Wildman–Crippen LogP) is 3.20. The van der Waals surface area contributed by atoms with Gasteiger partial charge >= 0.3 is 0 Å². The number of aromatic nitrogens is 4. The zero-order valence-corrected chi connectivity index (χ0v) is 11.7. The maximum atomic E-state index is 13.2. The summed E-state index contributed by atoms with van der Waals surface area (Å²) in [5, 5.41) is 4.70. The number of halogens is 3. The van der Waals surface area contributed by atoms with E-state index in [1.54, 1.807) is 11.7 Å². The Balaban J connectivity index is 2.08. The Bertz CT molecular complexity index is 805. The molecule has 1 aromatic carbocycles. The van der Waals surface area contributed by atoms with Crippen molar-refractivity contribution in [3.8, 4) is 11.6 Å². The Morgan fingerprint density at radius 2 is 2.00 bits per heavy atom. The van der Waals surface area contributed by atoms with Gasteiger partial charge in [-0.05, 0) is 28.1 Å². The second-order valence-corrected chi connectivity index (χ2v) is 4.72. The molecule has 3 aromatic rings. The van der Waals surface area contributed by atoms with E-state index in [1.807, 2.05) is 0 Å². The maximum absolute atomic E-state index is 13.2. The summed E-state index contributed by atoms with van der Waals surface area (Å²) in [4.78, 5) is 8.08. The Kier molecular flexibility index (Phi) is 3.09. The van der Waals surface area contributed by atoms with Crippen molar-refractivity contribution < 1.29 is 13.5 Å². The molecule has 8 heteroatoms. The number of nitrogens with zero attached hydrogens (tertiary/aromatic N) is 4. The van der Waals surface area contributed by atoms with Gasteiger partial charge in [0, 0.05) is 13.1 Å². The molecule has 0 aliphatic rings. The SMILES string of the molecule is Cn1nc(Br)c2c(Oc3ccc(F)c(F)c3)ncnc21. The lowest BCUT2D eigenvalue weighted by Gasteiger charge is -2.05. The van der Waals surface area contributed by atoms with E-state index in [0.717, 1.165) is 12.1 Å². The van der Waals surface area contributed by atoms with Crippen LogP contribution in [0.3, 0.4) is 0 Å². The molecule has 2 aromatic heterocycles. The van der Waals surface area contributed by atoms with Crippen LogP contribution >= 0.6 is 15.9 Å². The van der Waals surface area contributed by atoms with Crippen LogP contribution < -0.4 is 4.74 Å². The Morgan fingerprint density at radius 3 is 2.75 bits per heavy atom. The van der Waals surface area contributed by atoms with Crippen molar-refractivity contribution in [1.82, 2.24) is 19.7 Å². The van der Waals surface area contributed by atoms with Gasteiger partial charge in [-0.3, -0.25) is 0 Å². The molecule has 102 valence electrons. The molecule has 0 radical (unpaired) electrons. The number of rotatable bonds is 2. The number of fused-ring (bicyclic) bond motifs is 1. The molecule has 5 nitrogen and oxygen atoms in total. The van der Waals surface area contributed by atoms with Crippen LogP contribution in [-0.2, 0) is 7.05 Å². The van der Waals surface area contributed by atoms with Gasteiger partial charge in [0.25, 0.3) is 0 Å². The van der Waals surface area contributed by atoms with Gasteiger partial charge in [0.05, 0.1) is 0 Å². The number of aryl methyl sites for hydroxylation is 1.